The number of amides is 1. The van der Waals surface area contributed by atoms with Crippen LogP contribution in [0.4, 0.5) is 23.2 Å². The molecule has 2 aliphatic heterocycles. The topological polar surface area (TPSA) is 43.8 Å². The van der Waals surface area contributed by atoms with Gasteiger partial charge in [-0.1, -0.05) is 0 Å². The van der Waals surface area contributed by atoms with E-state index in [2.05, 4.69) is 0 Å². The quantitative estimate of drug-likeness (QED) is 0.745. The lowest BCUT2D eigenvalue weighted by Crippen LogP contribution is -2.50. The number of hydrogen-bond acceptors (Lipinski definition) is 3. The molecule has 1 saturated carbocycles. The molecule has 1 N–H and O–H groups in total. The van der Waals surface area contributed by atoms with Crippen molar-refractivity contribution in [1.29, 1.82) is 0 Å². The summed E-state index contributed by atoms with van der Waals surface area (Å²) in [6.45, 7) is 1.47. The molecule has 0 radical (unpaired) electrons. The maximum atomic E-state index is 13.9. The van der Waals surface area contributed by atoms with Crippen LogP contribution in [0.2, 0.25) is 0 Å². The van der Waals surface area contributed by atoms with E-state index in [0.29, 0.717) is 57.8 Å². The Balaban J connectivity index is 1.53. The fourth-order valence-electron chi connectivity index (χ4n) is 5.22. The van der Waals surface area contributed by atoms with Crippen molar-refractivity contribution in [2.24, 2.45) is 5.41 Å². The molecule has 0 aromatic heterocycles. The van der Waals surface area contributed by atoms with Gasteiger partial charge in [0.1, 0.15) is 5.82 Å². The van der Waals surface area contributed by atoms with Crippen molar-refractivity contribution >= 4 is 11.6 Å². The standard InChI is InChI=1S/C21H26F4N2O2/c22-15-10-14(21(23,24)25)11-17(12-15)26-8-1-6-20(13-26)7-9-27(19(20)29)16-2-4-18(28)5-3-16/h10-12,16,18,28H,1-9,13H2/t16?,18?,20-/m1/s1. The molecule has 1 aliphatic carbocycles. The van der Waals surface area contributed by atoms with Gasteiger partial charge in [-0.3, -0.25) is 4.79 Å². The second-order valence-electron chi connectivity index (χ2n) is 8.71. The normalized spacial score (nSPS) is 31.0. The summed E-state index contributed by atoms with van der Waals surface area (Å²) in [5.74, 6) is -0.856. The van der Waals surface area contributed by atoms with Gasteiger partial charge in [0.15, 0.2) is 0 Å². The minimum absolute atomic E-state index is 0.0658. The number of likely N-dealkylation sites (tertiary alicyclic amines) is 1. The van der Waals surface area contributed by atoms with Crippen LogP contribution in [0.1, 0.15) is 50.5 Å². The molecule has 4 nitrogen and oxygen atoms in total. The zero-order valence-electron chi connectivity index (χ0n) is 16.2. The molecule has 1 spiro atoms. The number of carbonyl (C=O) groups is 1. The number of hydrogen-bond donors (Lipinski definition) is 1. The van der Waals surface area contributed by atoms with Crippen LogP contribution >= 0.6 is 0 Å². The van der Waals surface area contributed by atoms with E-state index in [4.69, 9.17) is 0 Å². The maximum Gasteiger partial charge on any atom is 0.416 e. The van der Waals surface area contributed by atoms with Crippen LogP contribution in [0.25, 0.3) is 0 Å². The van der Waals surface area contributed by atoms with Gasteiger partial charge in [-0.25, -0.2) is 4.39 Å². The van der Waals surface area contributed by atoms with Crippen molar-refractivity contribution in [2.45, 2.75) is 63.3 Å². The number of piperidine rings is 1. The Hall–Kier alpha value is -1.83. The summed E-state index contributed by atoms with van der Waals surface area (Å²) in [6.07, 6.45) is 0.0966. The summed E-state index contributed by atoms with van der Waals surface area (Å²) in [5.41, 5.74) is -1.44. The third-order valence-corrected chi connectivity index (χ3v) is 6.80. The highest BCUT2D eigenvalue weighted by Gasteiger charge is 2.50. The van der Waals surface area contributed by atoms with Gasteiger partial charge in [0.25, 0.3) is 0 Å². The molecule has 1 aromatic carbocycles. The summed E-state index contributed by atoms with van der Waals surface area (Å²) in [7, 11) is 0. The van der Waals surface area contributed by atoms with Crippen LogP contribution in [0.15, 0.2) is 18.2 Å². The number of aliphatic hydroxyl groups is 1. The molecule has 2 saturated heterocycles. The molecule has 1 amide bonds. The number of nitrogens with zero attached hydrogens (tertiary/aromatic N) is 2. The van der Waals surface area contributed by atoms with Crippen molar-refractivity contribution < 1.29 is 27.5 Å². The predicted octanol–water partition coefficient (Wildman–Crippen LogP) is 3.97. The minimum atomic E-state index is -4.62. The Morgan fingerprint density at radius 2 is 1.76 bits per heavy atom. The molecule has 1 aromatic rings. The summed E-state index contributed by atoms with van der Waals surface area (Å²) < 4.78 is 53.1. The Morgan fingerprint density at radius 3 is 2.45 bits per heavy atom. The van der Waals surface area contributed by atoms with Gasteiger partial charge in [0.2, 0.25) is 5.91 Å². The monoisotopic (exact) mass is 414 g/mol. The lowest BCUT2D eigenvalue weighted by atomic mass is 9.78. The molecule has 29 heavy (non-hydrogen) atoms. The molecule has 1 atom stereocenters. The molecule has 4 rings (SSSR count). The number of aliphatic hydroxyl groups excluding tert-OH is 1. The second-order valence-corrected chi connectivity index (χ2v) is 8.71. The van der Waals surface area contributed by atoms with Gasteiger partial charge in [-0.15, -0.1) is 0 Å². The third kappa shape index (κ3) is 3.96. The molecule has 8 heteroatoms. The van der Waals surface area contributed by atoms with Gasteiger partial charge >= 0.3 is 6.18 Å². The zero-order chi connectivity index (χ0) is 20.8. The Bertz CT molecular complexity index is 776. The van der Waals surface area contributed by atoms with Crippen LogP contribution in [0.5, 0.6) is 0 Å². The first-order chi connectivity index (χ1) is 13.7. The average molecular weight is 414 g/mol. The zero-order valence-corrected chi connectivity index (χ0v) is 16.2. The van der Waals surface area contributed by atoms with Gasteiger partial charge in [-0.05, 0) is 63.1 Å². The smallest absolute Gasteiger partial charge is 0.393 e. The second kappa shape index (κ2) is 7.45. The van der Waals surface area contributed by atoms with Gasteiger partial charge in [0.05, 0.1) is 17.1 Å². The van der Waals surface area contributed by atoms with Crippen LogP contribution in [-0.4, -0.2) is 47.7 Å². The summed E-state index contributed by atoms with van der Waals surface area (Å²) in [4.78, 5) is 17.0. The molecule has 0 bridgehead atoms. The number of anilines is 1. The van der Waals surface area contributed by atoms with Crippen LogP contribution in [0, 0.1) is 11.2 Å². The average Bonchev–Trinajstić information content (AvgIpc) is 2.97. The maximum absolute atomic E-state index is 13.9. The Labute approximate surface area is 167 Å². The van der Waals surface area contributed by atoms with E-state index in [-0.39, 0.29) is 23.7 Å². The van der Waals surface area contributed by atoms with Crippen molar-refractivity contribution in [2.75, 3.05) is 24.5 Å². The van der Waals surface area contributed by atoms with Gasteiger partial charge in [0, 0.05) is 31.4 Å². The predicted molar refractivity (Wildman–Crippen MR) is 99.9 cm³/mol. The van der Waals surface area contributed by atoms with E-state index in [0.717, 1.165) is 25.0 Å². The first kappa shape index (κ1) is 20.4. The lowest BCUT2D eigenvalue weighted by Gasteiger charge is -2.41. The highest BCUT2D eigenvalue weighted by Crippen LogP contribution is 2.44. The molecular formula is C21H26F4N2O2. The first-order valence-corrected chi connectivity index (χ1v) is 10.3. The number of carbonyl (C=O) groups excluding carboxylic acids is 1. The van der Waals surface area contributed by atoms with Crippen molar-refractivity contribution in [3.63, 3.8) is 0 Å². The molecule has 3 aliphatic rings. The van der Waals surface area contributed by atoms with E-state index in [1.165, 1.54) is 0 Å². The molecular weight excluding hydrogens is 388 g/mol. The number of alkyl halides is 3. The van der Waals surface area contributed by atoms with Crippen LogP contribution < -0.4 is 4.90 Å². The van der Waals surface area contributed by atoms with Crippen LogP contribution in [-0.2, 0) is 11.0 Å². The SMILES string of the molecule is O=C1N(C2CCC(O)CC2)CC[C@@]12CCCN(c1cc(F)cc(C(F)(F)F)c1)C2. The third-order valence-electron chi connectivity index (χ3n) is 6.80. The number of rotatable bonds is 2. The number of halogens is 4. The first-order valence-electron chi connectivity index (χ1n) is 10.3. The molecule has 0 unspecified atom stereocenters. The highest BCUT2D eigenvalue weighted by molar-refractivity contribution is 5.86. The lowest BCUT2D eigenvalue weighted by molar-refractivity contribution is -0.139. The Morgan fingerprint density at radius 1 is 1.03 bits per heavy atom. The van der Waals surface area contributed by atoms with Crippen molar-refractivity contribution in [1.82, 2.24) is 4.90 Å². The van der Waals surface area contributed by atoms with E-state index in [1.807, 2.05) is 4.90 Å². The van der Waals surface area contributed by atoms with Gasteiger partial charge < -0.3 is 14.9 Å². The highest BCUT2D eigenvalue weighted by atomic mass is 19.4. The van der Waals surface area contributed by atoms with Crippen LogP contribution in [0.3, 0.4) is 0 Å². The molecule has 3 fully saturated rings. The van der Waals surface area contributed by atoms with E-state index in [9.17, 15) is 27.5 Å². The van der Waals surface area contributed by atoms with Gasteiger partial charge in [-0.2, -0.15) is 13.2 Å². The summed E-state index contributed by atoms with van der Waals surface area (Å²) in [6, 6.07) is 2.73. The number of benzene rings is 1. The van der Waals surface area contributed by atoms with Crippen molar-refractivity contribution in [3.8, 4) is 0 Å². The molecule has 2 heterocycles. The largest absolute Gasteiger partial charge is 0.416 e. The van der Waals surface area contributed by atoms with E-state index < -0.39 is 23.0 Å². The van der Waals surface area contributed by atoms with Crippen molar-refractivity contribution in [3.05, 3.63) is 29.6 Å². The molecule has 160 valence electrons. The van der Waals surface area contributed by atoms with E-state index >= 15 is 0 Å². The summed E-state index contributed by atoms with van der Waals surface area (Å²) in [5, 5.41) is 9.72. The summed E-state index contributed by atoms with van der Waals surface area (Å²) >= 11 is 0. The minimum Gasteiger partial charge on any atom is -0.393 e. The fraction of sp³-hybridized carbons (Fsp3) is 0.667. The fourth-order valence-corrected chi connectivity index (χ4v) is 5.22. The van der Waals surface area contributed by atoms with E-state index in [1.54, 1.807) is 4.90 Å². The Kier molecular flexibility index (Phi) is 5.25.